The number of carbonyl (C=O) groups is 1. The molecule has 118 valence electrons. The first kappa shape index (κ1) is 17.4. The van der Waals surface area contributed by atoms with Gasteiger partial charge in [-0.1, -0.05) is 0 Å². The number of piperidine rings is 1. The van der Waals surface area contributed by atoms with Gasteiger partial charge in [-0.2, -0.15) is 0 Å². The normalized spacial score (nSPS) is 17.9. The summed E-state index contributed by atoms with van der Waals surface area (Å²) in [6.45, 7) is 11.4. The minimum atomic E-state index is 0.147. The Kier molecular flexibility index (Phi) is 8.11. The van der Waals surface area contributed by atoms with Crippen LogP contribution >= 0.6 is 0 Å². The highest BCUT2D eigenvalue weighted by molar-refractivity contribution is 5.78. The van der Waals surface area contributed by atoms with E-state index in [-0.39, 0.29) is 5.91 Å². The third-order valence-corrected chi connectivity index (χ3v) is 3.98. The van der Waals surface area contributed by atoms with Crippen LogP contribution in [0.1, 0.15) is 33.6 Å². The number of likely N-dealkylation sites (N-methyl/N-ethyl adjacent to an activating group) is 1. The van der Waals surface area contributed by atoms with Crippen LogP contribution in [0.3, 0.4) is 0 Å². The molecule has 1 amide bonds. The number of likely N-dealkylation sites (tertiary alicyclic amines) is 1. The second-order valence-electron chi connectivity index (χ2n) is 5.89. The maximum Gasteiger partial charge on any atom is 0.234 e. The Balaban J connectivity index is 2.17. The zero-order valence-electron chi connectivity index (χ0n) is 13.5. The van der Waals surface area contributed by atoms with Crippen LogP contribution in [-0.2, 0) is 9.53 Å². The van der Waals surface area contributed by atoms with Crippen LogP contribution in [0.2, 0.25) is 0 Å². The minimum absolute atomic E-state index is 0.147. The summed E-state index contributed by atoms with van der Waals surface area (Å²) >= 11 is 0. The molecule has 1 saturated heterocycles. The fraction of sp³-hybridized carbons (Fsp3) is 0.933. The molecule has 0 saturated carbocycles. The van der Waals surface area contributed by atoms with Crippen molar-refractivity contribution in [3.05, 3.63) is 0 Å². The Labute approximate surface area is 123 Å². The van der Waals surface area contributed by atoms with E-state index >= 15 is 0 Å². The molecule has 0 aliphatic carbocycles. The van der Waals surface area contributed by atoms with Gasteiger partial charge < -0.3 is 15.0 Å². The quantitative estimate of drug-likeness (QED) is 0.674. The first-order valence-electron chi connectivity index (χ1n) is 7.82. The Hall–Kier alpha value is -0.650. The highest BCUT2D eigenvalue weighted by atomic mass is 16.5. The lowest BCUT2D eigenvalue weighted by molar-refractivity contribution is -0.123. The third-order valence-electron chi connectivity index (χ3n) is 3.98. The maximum absolute atomic E-state index is 11.9. The Bertz CT molecular complexity index is 276. The van der Waals surface area contributed by atoms with Crippen LogP contribution in [0.15, 0.2) is 0 Å². The third kappa shape index (κ3) is 6.68. The summed E-state index contributed by atoms with van der Waals surface area (Å²) < 4.78 is 5.38. The highest BCUT2D eigenvalue weighted by Crippen LogP contribution is 2.10. The first-order valence-corrected chi connectivity index (χ1v) is 7.82. The summed E-state index contributed by atoms with van der Waals surface area (Å²) in [5.41, 5.74) is 0. The van der Waals surface area contributed by atoms with Crippen LogP contribution in [0, 0.1) is 0 Å². The summed E-state index contributed by atoms with van der Waals surface area (Å²) in [5.74, 6) is 0.147. The number of rotatable bonds is 8. The Morgan fingerprint density at radius 1 is 1.40 bits per heavy atom. The molecular formula is C15H31N3O2. The molecular weight excluding hydrogens is 254 g/mol. The maximum atomic E-state index is 11.9. The lowest BCUT2D eigenvalue weighted by atomic mass is 10.1. The van der Waals surface area contributed by atoms with Crippen molar-refractivity contribution in [2.75, 3.05) is 46.4 Å². The second-order valence-corrected chi connectivity index (χ2v) is 5.89. The standard InChI is InChI=1S/C15H31N3O2/c1-5-20-11-10-18-8-6-14(7-9-18)16-15(19)12-17(4)13(2)3/h13-14H,5-12H2,1-4H3,(H,16,19). The summed E-state index contributed by atoms with van der Waals surface area (Å²) in [5, 5.41) is 3.15. The molecule has 1 fully saturated rings. The molecule has 1 N–H and O–H groups in total. The molecule has 1 heterocycles. The van der Waals surface area contributed by atoms with Gasteiger partial charge in [0.1, 0.15) is 0 Å². The van der Waals surface area contributed by atoms with Crippen LogP contribution in [-0.4, -0.2) is 74.2 Å². The van der Waals surface area contributed by atoms with Crippen LogP contribution in [0.5, 0.6) is 0 Å². The predicted molar refractivity (Wildman–Crippen MR) is 81.9 cm³/mol. The van der Waals surface area contributed by atoms with E-state index in [0.29, 0.717) is 18.6 Å². The van der Waals surface area contributed by atoms with Gasteiger partial charge in [0.2, 0.25) is 5.91 Å². The fourth-order valence-electron chi connectivity index (χ4n) is 2.32. The van der Waals surface area contributed by atoms with Crippen molar-refractivity contribution in [2.24, 2.45) is 0 Å². The molecule has 0 atom stereocenters. The monoisotopic (exact) mass is 285 g/mol. The Morgan fingerprint density at radius 2 is 2.05 bits per heavy atom. The summed E-state index contributed by atoms with van der Waals surface area (Å²) in [6, 6.07) is 0.743. The molecule has 0 aromatic carbocycles. The zero-order chi connectivity index (χ0) is 15.0. The zero-order valence-corrected chi connectivity index (χ0v) is 13.5. The largest absolute Gasteiger partial charge is 0.380 e. The number of hydrogen-bond acceptors (Lipinski definition) is 4. The second kappa shape index (κ2) is 9.32. The van der Waals surface area contributed by atoms with Gasteiger partial charge in [0.25, 0.3) is 0 Å². The summed E-state index contributed by atoms with van der Waals surface area (Å²) in [6.07, 6.45) is 2.09. The average molecular weight is 285 g/mol. The van der Waals surface area contributed by atoms with Crippen LogP contribution in [0.25, 0.3) is 0 Å². The van der Waals surface area contributed by atoms with E-state index in [1.807, 2.05) is 14.0 Å². The molecule has 0 spiro atoms. The molecule has 5 heteroatoms. The molecule has 1 rings (SSSR count). The van der Waals surface area contributed by atoms with E-state index < -0.39 is 0 Å². The molecule has 0 unspecified atom stereocenters. The van der Waals surface area contributed by atoms with Crippen molar-refractivity contribution in [1.82, 2.24) is 15.1 Å². The van der Waals surface area contributed by atoms with E-state index in [9.17, 15) is 4.79 Å². The molecule has 0 aromatic heterocycles. The molecule has 20 heavy (non-hydrogen) atoms. The van der Waals surface area contributed by atoms with Gasteiger partial charge in [-0.05, 0) is 40.7 Å². The number of ether oxygens (including phenoxy) is 1. The van der Waals surface area contributed by atoms with Crippen molar-refractivity contribution in [3.63, 3.8) is 0 Å². The van der Waals surface area contributed by atoms with Gasteiger partial charge in [0, 0.05) is 38.3 Å². The fourth-order valence-corrected chi connectivity index (χ4v) is 2.32. The summed E-state index contributed by atoms with van der Waals surface area (Å²) in [7, 11) is 1.99. The van der Waals surface area contributed by atoms with Crippen molar-refractivity contribution in [1.29, 1.82) is 0 Å². The van der Waals surface area contributed by atoms with Crippen LogP contribution in [0.4, 0.5) is 0 Å². The number of nitrogens with zero attached hydrogens (tertiary/aromatic N) is 2. The van der Waals surface area contributed by atoms with Gasteiger partial charge in [-0.15, -0.1) is 0 Å². The van der Waals surface area contributed by atoms with Gasteiger partial charge in [0.05, 0.1) is 13.2 Å². The molecule has 0 bridgehead atoms. The minimum Gasteiger partial charge on any atom is -0.380 e. The molecule has 1 aliphatic rings. The number of nitrogens with one attached hydrogen (secondary N) is 1. The smallest absolute Gasteiger partial charge is 0.234 e. The van der Waals surface area contributed by atoms with Gasteiger partial charge in [0.15, 0.2) is 0 Å². The number of hydrogen-bond donors (Lipinski definition) is 1. The highest BCUT2D eigenvalue weighted by Gasteiger charge is 2.21. The van der Waals surface area contributed by atoms with E-state index in [4.69, 9.17) is 4.74 Å². The number of amides is 1. The van der Waals surface area contributed by atoms with Gasteiger partial charge >= 0.3 is 0 Å². The van der Waals surface area contributed by atoms with E-state index in [1.54, 1.807) is 0 Å². The van der Waals surface area contributed by atoms with Crippen molar-refractivity contribution >= 4 is 5.91 Å². The van der Waals surface area contributed by atoms with Crippen molar-refractivity contribution < 1.29 is 9.53 Å². The molecule has 0 radical (unpaired) electrons. The van der Waals surface area contributed by atoms with E-state index in [1.165, 1.54) is 0 Å². The Morgan fingerprint density at radius 3 is 2.60 bits per heavy atom. The molecule has 0 aromatic rings. The SMILES string of the molecule is CCOCCN1CCC(NC(=O)CN(C)C(C)C)CC1. The van der Waals surface area contributed by atoms with Gasteiger partial charge in [-0.3, -0.25) is 9.69 Å². The summed E-state index contributed by atoms with van der Waals surface area (Å²) in [4.78, 5) is 16.4. The van der Waals surface area contributed by atoms with E-state index in [2.05, 4.69) is 29.0 Å². The average Bonchev–Trinajstić information content (AvgIpc) is 2.40. The van der Waals surface area contributed by atoms with E-state index in [0.717, 1.165) is 45.7 Å². The first-order chi connectivity index (χ1) is 9.52. The van der Waals surface area contributed by atoms with Crippen molar-refractivity contribution in [2.45, 2.75) is 45.7 Å². The molecule has 5 nitrogen and oxygen atoms in total. The topological polar surface area (TPSA) is 44.8 Å². The molecule has 1 aliphatic heterocycles. The lowest BCUT2D eigenvalue weighted by Crippen LogP contribution is -2.48. The van der Waals surface area contributed by atoms with Crippen LogP contribution < -0.4 is 5.32 Å². The predicted octanol–water partition coefficient (Wildman–Crippen LogP) is 0.944. The number of carbonyl (C=O) groups excluding carboxylic acids is 1. The lowest BCUT2D eigenvalue weighted by Gasteiger charge is -2.32. The van der Waals surface area contributed by atoms with Crippen molar-refractivity contribution in [3.8, 4) is 0 Å². The van der Waals surface area contributed by atoms with Gasteiger partial charge in [-0.25, -0.2) is 0 Å².